The molecule has 0 amide bonds. The summed E-state index contributed by atoms with van der Waals surface area (Å²) in [6.45, 7) is 10.1. The van der Waals surface area contributed by atoms with E-state index in [9.17, 15) is 0 Å². The van der Waals surface area contributed by atoms with Crippen LogP contribution in [0.3, 0.4) is 0 Å². The summed E-state index contributed by atoms with van der Waals surface area (Å²) in [6, 6.07) is 0.623. The molecule has 5 heteroatoms. The Kier molecular flexibility index (Phi) is 3.91. The van der Waals surface area contributed by atoms with Crippen LogP contribution in [0.5, 0.6) is 0 Å². The molecule has 2 saturated heterocycles. The van der Waals surface area contributed by atoms with E-state index in [0.717, 1.165) is 19.8 Å². The highest BCUT2D eigenvalue weighted by atomic mass is 16.7. The lowest BCUT2D eigenvalue weighted by atomic mass is 9.70. The van der Waals surface area contributed by atoms with Gasteiger partial charge in [-0.3, -0.25) is 0 Å². The Bertz CT molecular complexity index is 330. The molecule has 5 unspecified atom stereocenters. The summed E-state index contributed by atoms with van der Waals surface area (Å²) in [6.07, 6.45) is 2.46. The Morgan fingerprint density at radius 3 is 2.68 bits per heavy atom. The monoisotopic (exact) mass is 267 g/mol. The first-order chi connectivity index (χ1) is 9.08. The number of fused-ring (bicyclic) bond motifs is 3. The molecule has 0 aromatic heterocycles. The summed E-state index contributed by atoms with van der Waals surface area (Å²) in [4.78, 5) is 0. The van der Waals surface area contributed by atoms with Crippen LogP contribution in [0.15, 0.2) is 0 Å². The fourth-order valence-corrected chi connectivity index (χ4v) is 3.83. The smallest absolute Gasteiger partial charge is 0.386 e. The molecular formula is C14H26BNO3. The minimum atomic E-state index is -0.466. The van der Waals surface area contributed by atoms with Crippen molar-refractivity contribution in [2.75, 3.05) is 26.4 Å². The van der Waals surface area contributed by atoms with Crippen LogP contribution in [0.2, 0.25) is 0 Å². The third-order valence-corrected chi connectivity index (χ3v) is 5.50. The van der Waals surface area contributed by atoms with Gasteiger partial charge in [-0.25, -0.2) is 0 Å². The molecule has 0 spiro atoms. The van der Waals surface area contributed by atoms with Crippen LogP contribution >= 0.6 is 0 Å². The van der Waals surface area contributed by atoms with Gasteiger partial charge in [-0.2, -0.15) is 0 Å². The van der Waals surface area contributed by atoms with Crippen molar-refractivity contribution in [2.24, 2.45) is 23.2 Å². The minimum Gasteiger partial charge on any atom is -0.386 e. The Labute approximate surface area is 116 Å². The number of rotatable bonds is 0. The van der Waals surface area contributed by atoms with E-state index in [4.69, 9.17) is 14.0 Å². The van der Waals surface area contributed by atoms with E-state index in [1.807, 2.05) is 0 Å². The molecule has 0 aromatic carbocycles. The van der Waals surface area contributed by atoms with Gasteiger partial charge in [0.2, 0.25) is 0 Å². The molecule has 3 rings (SSSR count). The number of hydrogen-bond donors (Lipinski definition) is 1. The minimum absolute atomic E-state index is 0.324. The van der Waals surface area contributed by atoms with Gasteiger partial charge in [-0.15, -0.1) is 0 Å². The maximum Gasteiger partial charge on any atom is 0.639 e. The number of hydrogen-bond acceptors (Lipinski definition) is 4. The molecule has 3 fully saturated rings. The van der Waals surface area contributed by atoms with Gasteiger partial charge in [0.1, 0.15) is 0 Å². The summed E-state index contributed by atoms with van der Waals surface area (Å²) in [7, 11) is -0.466. The van der Waals surface area contributed by atoms with E-state index in [1.54, 1.807) is 0 Å². The van der Waals surface area contributed by atoms with Crippen molar-refractivity contribution in [3.63, 3.8) is 0 Å². The van der Waals surface area contributed by atoms with Crippen LogP contribution in [0, 0.1) is 23.2 Å². The first-order valence-electron chi connectivity index (χ1n) is 7.66. The molecule has 2 heterocycles. The van der Waals surface area contributed by atoms with Gasteiger partial charge in [0.15, 0.2) is 0 Å². The zero-order valence-corrected chi connectivity index (χ0v) is 12.4. The summed E-state index contributed by atoms with van der Waals surface area (Å²) in [5.74, 6) is 1.66. The third kappa shape index (κ3) is 2.71. The predicted octanol–water partition coefficient (Wildman–Crippen LogP) is 1.69. The topological polar surface area (TPSA) is 39.7 Å². The van der Waals surface area contributed by atoms with E-state index < -0.39 is 7.32 Å². The highest BCUT2D eigenvalue weighted by molar-refractivity contribution is 6.36. The quantitative estimate of drug-likeness (QED) is 0.678. The maximum absolute atomic E-state index is 5.86. The Hall–Kier alpha value is -0.0951. The molecule has 1 aliphatic carbocycles. The molecule has 1 N–H and O–H groups in total. The van der Waals surface area contributed by atoms with Gasteiger partial charge in [0, 0.05) is 32.4 Å². The van der Waals surface area contributed by atoms with Crippen LogP contribution in [-0.2, 0) is 14.0 Å². The summed E-state index contributed by atoms with van der Waals surface area (Å²) < 4.78 is 17.4. The predicted molar refractivity (Wildman–Crippen MR) is 74.6 cm³/mol. The van der Waals surface area contributed by atoms with Crippen molar-refractivity contribution in [2.45, 2.75) is 39.7 Å². The van der Waals surface area contributed by atoms with Crippen molar-refractivity contribution in [1.29, 1.82) is 0 Å². The van der Waals surface area contributed by atoms with Crippen molar-refractivity contribution >= 4 is 7.32 Å². The van der Waals surface area contributed by atoms with E-state index in [2.05, 4.69) is 26.1 Å². The van der Waals surface area contributed by atoms with Crippen LogP contribution in [0.25, 0.3) is 0 Å². The highest BCUT2D eigenvalue weighted by Crippen LogP contribution is 2.49. The molecule has 5 atom stereocenters. The first-order valence-corrected chi connectivity index (χ1v) is 7.66. The molecule has 3 bridgehead atoms. The molecule has 4 nitrogen and oxygen atoms in total. The van der Waals surface area contributed by atoms with Crippen molar-refractivity contribution in [3.05, 3.63) is 0 Å². The lowest BCUT2D eigenvalue weighted by Crippen LogP contribution is -2.44. The molecule has 108 valence electrons. The van der Waals surface area contributed by atoms with E-state index in [1.165, 1.54) is 12.8 Å². The second-order valence-electron chi connectivity index (χ2n) is 7.04. The van der Waals surface area contributed by atoms with E-state index >= 15 is 0 Å². The Morgan fingerprint density at radius 1 is 1.11 bits per heavy atom. The fourth-order valence-electron chi connectivity index (χ4n) is 3.83. The second kappa shape index (κ2) is 5.36. The molecule has 0 radical (unpaired) electrons. The normalized spacial score (nSPS) is 47.8. The van der Waals surface area contributed by atoms with Crippen molar-refractivity contribution in [3.8, 4) is 0 Å². The summed E-state index contributed by atoms with van der Waals surface area (Å²) in [5, 5.41) is 3.73. The zero-order valence-electron chi connectivity index (χ0n) is 12.4. The van der Waals surface area contributed by atoms with Gasteiger partial charge in [0.25, 0.3) is 0 Å². The Morgan fingerprint density at radius 2 is 1.84 bits per heavy atom. The molecule has 3 aliphatic rings. The van der Waals surface area contributed by atoms with Crippen LogP contribution in [0.1, 0.15) is 33.6 Å². The van der Waals surface area contributed by atoms with Crippen LogP contribution in [0.4, 0.5) is 0 Å². The van der Waals surface area contributed by atoms with Gasteiger partial charge in [-0.1, -0.05) is 20.8 Å². The molecule has 19 heavy (non-hydrogen) atoms. The summed E-state index contributed by atoms with van der Waals surface area (Å²) >= 11 is 0. The largest absolute Gasteiger partial charge is 0.639 e. The van der Waals surface area contributed by atoms with Gasteiger partial charge >= 0.3 is 7.32 Å². The van der Waals surface area contributed by atoms with Gasteiger partial charge in [0.05, 0.1) is 0 Å². The molecular weight excluding hydrogens is 241 g/mol. The first kappa shape index (κ1) is 13.9. The van der Waals surface area contributed by atoms with Crippen LogP contribution < -0.4 is 5.32 Å². The summed E-state index contributed by atoms with van der Waals surface area (Å²) in [5.41, 5.74) is 0.324. The maximum atomic E-state index is 5.86. The number of nitrogens with one attached hydrogen (secondary N) is 1. The van der Waals surface area contributed by atoms with Gasteiger partial charge < -0.3 is 19.3 Å². The van der Waals surface area contributed by atoms with E-state index in [-0.39, 0.29) is 0 Å². The standard InChI is InChI=1S/C14H26BNO3/c1-10-6-16-13-4-12-9-19-15(17-7-10)18-8-11(2)14(12,3)5-13/h10-13,16H,4-9H2,1-3H3. The lowest BCUT2D eigenvalue weighted by Gasteiger charge is -2.40. The Balaban J connectivity index is 1.83. The molecule has 2 aliphatic heterocycles. The van der Waals surface area contributed by atoms with Gasteiger partial charge in [-0.05, 0) is 36.0 Å². The molecule has 0 aromatic rings. The average Bonchev–Trinajstić information content (AvgIpc) is 2.69. The fraction of sp³-hybridized carbons (Fsp3) is 1.00. The average molecular weight is 267 g/mol. The van der Waals surface area contributed by atoms with Crippen LogP contribution in [-0.4, -0.2) is 39.7 Å². The lowest BCUT2D eigenvalue weighted by molar-refractivity contribution is -0.0182. The second-order valence-corrected chi connectivity index (χ2v) is 7.04. The van der Waals surface area contributed by atoms with E-state index in [0.29, 0.717) is 35.8 Å². The van der Waals surface area contributed by atoms with Crippen molar-refractivity contribution in [1.82, 2.24) is 5.32 Å². The zero-order chi connectivity index (χ0) is 13.5. The SMILES string of the molecule is CC1CNC2CC3COB(OC1)OCC(C)C3(C)C2. The molecule has 1 saturated carbocycles. The third-order valence-electron chi connectivity index (χ3n) is 5.50. The van der Waals surface area contributed by atoms with Crippen molar-refractivity contribution < 1.29 is 14.0 Å². The highest BCUT2D eigenvalue weighted by Gasteiger charge is 2.49.